The molecule has 1 amide bonds. The first-order valence-corrected chi connectivity index (χ1v) is 47.0. The third-order valence-electron chi connectivity index (χ3n) is 27.7. The molecule has 0 aromatic carbocycles. The topological polar surface area (TPSA) is 1110 Å². The van der Waals surface area contributed by atoms with Crippen LogP contribution in [0, 0.1) is 0 Å². The van der Waals surface area contributed by atoms with Crippen molar-refractivity contribution < 1.29 is 328 Å². The van der Waals surface area contributed by atoms with Gasteiger partial charge in [0.05, 0.1) is 90.4 Å². The maximum absolute atomic E-state index is 14.0. The molecule has 0 aromatic heterocycles. The standard InChI is InChI=1S/C81H136N2O66/c1-15-30(96)36(102)49(115)72(133-15)142-62-29(83-17(3)89)68(132-16(2)31(62)97)128-11-22(93)56-43(109)40(106)51(117)74(138-56)145-65-41(107)35(101)28(14-131-70-47(113)37(103)33(99)26(8-87)134-70)136-77(65)143-63-52(118)57(23(94)12-130-71-48(114)39(105)42(108)55(137-71)19(90)5-84)139-75(53(63)119)144-64-54(120)76(140-59(20(91)6-85)66(64)146-73-50(116)38(104)34(100)27(9-88)135-73)141-61-25(4-80(126,78(122)123)148-60(61)21(92)7-86)147-81(79(124)125)67(121)45(111)44(110)58(149-81)24(95)13-129-69-46(112)32(98)18(82)10-127-69/h15-16,18-77,84-88,90-121,126H,4-14,82H2,1-3H3,(H,83,89)(H,122,123)(H,124,125)/t15-,16+,18-,19-,20-,21+,22-,23-,24+,25+,26+,27+,28+,29+,30-,31+,32-,33+,34+,35-,36-,37-,38-,39-,40-,41-,42-,43-,44+,45-,46+,47+,48-,49+,50+,51-,52+,53-,54-,55+,56+,57+,58+,59+,60+,61+,62+,63-,64+,65+,66+,67-,68+,69+,70-,71-,72-,73-,74+,75+,76+,77+,80+,81+/m0/s1. The van der Waals surface area contributed by atoms with Crippen LogP contribution < -0.4 is 11.1 Å². The lowest BCUT2D eigenvalue weighted by Gasteiger charge is -2.53. The zero-order chi connectivity index (χ0) is 110. The van der Waals surface area contributed by atoms with Gasteiger partial charge in [0.2, 0.25) is 5.91 Å². The van der Waals surface area contributed by atoms with E-state index < -0.39 is 482 Å². The number of nitrogens with one attached hydrogen (secondary N) is 1. The van der Waals surface area contributed by atoms with Crippen LogP contribution in [0.2, 0.25) is 0 Å². The number of carbonyl (C=O) groups is 3. The van der Waals surface area contributed by atoms with Gasteiger partial charge in [0.1, 0.15) is 293 Å². The van der Waals surface area contributed by atoms with Crippen LogP contribution >= 0.6 is 0 Å². The third-order valence-corrected chi connectivity index (χ3v) is 27.7. The van der Waals surface area contributed by atoms with Crippen LogP contribution in [0.4, 0.5) is 0 Å². The van der Waals surface area contributed by atoms with E-state index in [1.807, 2.05) is 0 Å². The first kappa shape index (κ1) is 123. The minimum atomic E-state index is -4.16. The predicted molar refractivity (Wildman–Crippen MR) is 447 cm³/mol. The fourth-order valence-electron chi connectivity index (χ4n) is 18.9. The van der Waals surface area contributed by atoms with Crippen LogP contribution in [-0.2, 0) is 123 Å². The highest BCUT2D eigenvalue weighted by atomic mass is 16.8. The number of carboxylic acids is 2. The SMILES string of the molecule is CC(=O)N[C@H]1[C@H](OC[C@H](O)[C@H]2O[C@H](O[C@H]3[C@@H](O[C@@H]4[C@H](O)[C@@H](O[C@@H]5[C@H](O)[C@@H](O[C@H]6[C@@H]([C@H](O)CO)O[C@@](O)(C(=O)O)C[C@H]6O[C@@]6(C(=O)O)O[C@H]([C@H](O)CO[C@H]7OC[C@H](N)[C@H](O)[C@H]7O)[C@H](O)[C@H](O)[C@@H]6O)O[C@H]([C@@H](O)CO)[C@H]5O[C@@H]5O[C@H](CO)[C@@H](O)[C@H](O)[C@H]5O)O[C@H]([C@@H](O)CO[C@H]5O[C@H]([C@@H](O)CO)[C@@H](O)[C@H](O)[C@@H]5O)[C@H]4O)O[C@H](CO[C@H]4O[C@H](CO)[C@@H](O)[C@H](O)[C@H]4O)[C@H](O)[C@@H]3O)[C@@H](O)[C@@H](O)[C@@H]2O)O[C@H](C)[C@@H](O)[C@@H]1O[C@@H]1O[C@@H](C)[C@H](O)[C@H](O)[C@H]1O. The van der Waals surface area contributed by atoms with Gasteiger partial charge < -0.3 is 324 Å². The number of rotatable bonds is 40. The summed E-state index contributed by atoms with van der Waals surface area (Å²) in [6.07, 6.45) is -149. The van der Waals surface area contributed by atoms with Gasteiger partial charge in [-0.3, -0.25) is 4.79 Å². The zero-order valence-electron chi connectivity index (χ0n) is 78.7. The molecule has 866 valence electrons. The number of hydrogen-bond acceptors (Lipinski definition) is 65. The van der Waals surface area contributed by atoms with Gasteiger partial charge in [0.15, 0.2) is 62.9 Å². The van der Waals surface area contributed by atoms with Crippen LogP contribution in [0.5, 0.6) is 0 Å². The molecule has 12 rings (SSSR count). The summed E-state index contributed by atoms with van der Waals surface area (Å²) in [7, 11) is 0. The van der Waals surface area contributed by atoms with Crippen molar-refractivity contribution in [2.75, 3.05) is 66.1 Å². The average molecular weight is 2190 g/mol. The highest BCUT2D eigenvalue weighted by molar-refractivity contribution is 5.77. The molecular weight excluding hydrogens is 2060 g/mol. The molecule has 68 nitrogen and oxygen atoms in total. The Morgan fingerprint density at radius 3 is 1.26 bits per heavy atom. The zero-order valence-corrected chi connectivity index (χ0v) is 78.7. The number of hydrogen-bond donors (Lipinski definition) is 42. The third kappa shape index (κ3) is 26.2. The monoisotopic (exact) mass is 2190 g/mol. The number of aliphatic hydroxyl groups excluding tert-OH is 37. The van der Waals surface area contributed by atoms with Gasteiger partial charge in [0.25, 0.3) is 11.6 Å². The van der Waals surface area contributed by atoms with E-state index in [2.05, 4.69) is 5.32 Å². The van der Waals surface area contributed by atoms with Gasteiger partial charge in [-0.2, -0.15) is 0 Å². The van der Waals surface area contributed by atoms with E-state index in [4.69, 9.17) is 115 Å². The summed E-state index contributed by atoms with van der Waals surface area (Å²) >= 11 is 0. The number of nitrogens with two attached hydrogens (primary N) is 1. The smallest absolute Gasteiger partial charge is 0.367 e. The fraction of sp³-hybridized carbons (Fsp3) is 0.963. The first-order chi connectivity index (χ1) is 70.0. The van der Waals surface area contributed by atoms with Crippen molar-refractivity contribution in [1.29, 1.82) is 0 Å². The molecule has 68 heteroatoms. The van der Waals surface area contributed by atoms with E-state index >= 15 is 0 Å². The van der Waals surface area contributed by atoms with Gasteiger partial charge in [-0.15, -0.1) is 0 Å². The van der Waals surface area contributed by atoms with Crippen molar-refractivity contribution in [2.24, 2.45) is 5.73 Å². The quantitative estimate of drug-likeness (QED) is 0.0271. The Morgan fingerprint density at radius 1 is 0.336 bits per heavy atom. The summed E-state index contributed by atoms with van der Waals surface area (Å²) in [5, 5.41) is 456. The summed E-state index contributed by atoms with van der Waals surface area (Å²) in [4.78, 5) is 40.1. The maximum atomic E-state index is 14.0. The Labute approximate surface area is 839 Å². The molecule has 12 saturated heterocycles. The van der Waals surface area contributed by atoms with Crippen molar-refractivity contribution in [3.8, 4) is 0 Å². The Balaban J connectivity index is 0.937. The van der Waals surface area contributed by atoms with Gasteiger partial charge >= 0.3 is 11.9 Å². The highest BCUT2D eigenvalue weighted by Crippen LogP contribution is 2.46. The number of carboxylic acid groups (broad SMARTS) is 2. The lowest BCUT2D eigenvalue weighted by Crippen LogP contribution is -2.73. The minimum Gasteiger partial charge on any atom is -0.477 e. The molecule has 12 fully saturated rings. The Bertz CT molecular complexity index is 4150. The molecule has 12 aliphatic rings. The van der Waals surface area contributed by atoms with Crippen molar-refractivity contribution in [3.05, 3.63) is 0 Å². The van der Waals surface area contributed by atoms with Gasteiger partial charge in [-0.1, -0.05) is 0 Å². The summed E-state index contributed by atoms with van der Waals surface area (Å²) in [6, 6.07) is -2.93. The molecule has 0 bridgehead atoms. The number of carbonyl (C=O) groups excluding carboxylic acids is 1. The summed E-state index contributed by atoms with van der Waals surface area (Å²) in [6.45, 7) is -9.24. The average Bonchev–Trinajstić information content (AvgIpc) is 0.733. The lowest BCUT2D eigenvalue weighted by molar-refractivity contribution is -0.422. The number of amides is 1. The molecule has 64 atom stereocenters. The Hall–Kier alpha value is -4.07. The fourth-order valence-corrected chi connectivity index (χ4v) is 18.9. The van der Waals surface area contributed by atoms with Crippen LogP contribution in [0.1, 0.15) is 27.2 Å². The molecule has 0 aliphatic carbocycles. The van der Waals surface area contributed by atoms with E-state index in [1.165, 1.54) is 13.8 Å². The van der Waals surface area contributed by atoms with E-state index in [0.29, 0.717) is 0 Å². The Morgan fingerprint density at radius 2 is 0.718 bits per heavy atom. The highest BCUT2D eigenvalue weighted by Gasteiger charge is 2.68. The van der Waals surface area contributed by atoms with E-state index in [-0.39, 0.29) is 0 Å². The summed E-state index contributed by atoms with van der Waals surface area (Å²) in [5.41, 5.74) is 5.73. The van der Waals surface area contributed by atoms with Crippen LogP contribution in [-0.4, -0.2) is 680 Å². The second kappa shape index (κ2) is 51.9. The normalized spacial score (nSPS) is 50.5. The Kier molecular flexibility index (Phi) is 43.0. The molecule has 43 N–H and O–H groups in total. The molecular formula is C81H136N2O66. The van der Waals surface area contributed by atoms with Gasteiger partial charge in [0, 0.05) is 13.3 Å². The van der Waals surface area contributed by atoms with Crippen LogP contribution in [0.3, 0.4) is 0 Å². The second-order valence-electron chi connectivity index (χ2n) is 38.1. The van der Waals surface area contributed by atoms with Gasteiger partial charge in [-0.05, 0) is 13.8 Å². The molecule has 0 unspecified atom stereocenters. The number of aliphatic hydroxyl groups is 38. The van der Waals surface area contributed by atoms with E-state index in [0.717, 1.165) is 6.92 Å². The molecule has 149 heavy (non-hydrogen) atoms. The molecule has 12 heterocycles. The van der Waals surface area contributed by atoms with E-state index in [1.54, 1.807) is 0 Å². The minimum absolute atomic E-state index is 0.512. The number of aliphatic carboxylic acids is 2. The summed E-state index contributed by atoms with van der Waals surface area (Å²) < 4.78 is 134. The molecule has 0 aromatic rings. The largest absolute Gasteiger partial charge is 0.477 e. The van der Waals surface area contributed by atoms with Crippen molar-refractivity contribution in [3.63, 3.8) is 0 Å². The first-order valence-electron chi connectivity index (χ1n) is 47.0. The molecule has 0 saturated carbocycles. The maximum Gasteiger partial charge on any atom is 0.367 e. The van der Waals surface area contributed by atoms with Crippen molar-refractivity contribution in [2.45, 2.75) is 419 Å². The summed E-state index contributed by atoms with van der Waals surface area (Å²) in [5.74, 6) is -14.1. The lowest BCUT2D eigenvalue weighted by atomic mass is 9.88. The molecule has 0 radical (unpaired) electrons. The van der Waals surface area contributed by atoms with E-state index in [9.17, 15) is 219 Å². The van der Waals surface area contributed by atoms with Crippen molar-refractivity contribution >= 4 is 17.8 Å². The number of ether oxygens (including phenoxy) is 23. The predicted octanol–water partition coefficient (Wildman–Crippen LogP) is -28.2. The molecule has 0 spiro atoms. The van der Waals surface area contributed by atoms with Crippen LogP contribution in [0.15, 0.2) is 0 Å². The molecule has 12 aliphatic heterocycles. The van der Waals surface area contributed by atoms with Gasteiger partial charge in [-0.25, -0.2) is 9.59 Å². The van der Waals surface area contributed by atoms with Crippen molar-refractivity contribution in [1.82, 2.24) is 5.32 Å². The van der Waals surface area contributed by atoms with Crippen LogP contribution in [0.25, 0.3) is 0 Å². The second-order valence-corrected chi connectivity index (χ2v) is 38.1.